The third kappa shape index (κ3) is 3.61. The number of thiocarbonyl (C=S) groups is 1. The number of benzene rings is 1. The minimum atomic E-state index is -0.108. The van der Waals surface area contributed by atoms with Crippen molar-refractivity contribution >= 4 is 56.2 Å². The molecule has 8 heteroatoms. The first-order valence-corrected chi connectivity index (χ1v) is 9.45. The van der Waals surface area contributed by atoms with Crippen LogP contribution >= 0.6 is 39.9 Å². The topological polar surface area (TPSA) is 59.0 Å². The van der Waals surface area contributed by atoms with Crippen molar-refractivity contribution in [1.82, 2.24) is 4.90 Å². The van der Waals surface area contributed by atoms with Gasteiger partial charge in [-0.05, 0) is 52.5 Å². The Morgan fingerprint density at radius 1 is 1.58 bits per heavy atom. The summed E-state index contributed by atoms with van der Waals surface area (Å²) < 4.78 is 11.8. The standard InChI is InChI=1S/C16H16BrNO4S2/c1-21-12-6-9(5-11(17)14(12)19)7-13-15(20)18(16(23)24-13)8-10-3-2-4-22-10/h5-7,10,19H,2-4,8H2,1H3/b13-7-. The zero-order valence-electron chi connectivity index (χ0n) is 13.0. The minimum absolute atomic E-state index is 0.0283. The number of ether oxygens (including phenoxy) is 2. The zero-order valence-corrected chi connectivity index (χ0v) is 16.2. The number of carbonyl (C=O) groups is 1. The summed E-state index contributed by atoms with van der Waals surface area (Å²) in [6.45, 7) is 1.25. The molecule has 2 heterocycles. The van der Waals surface area contributed by atoms with E-state index in [0.29, 0.717) is 26.0 Å². The second kappa shape index (κ2) is 7.43. The van der Waals surface area contributed by atoms with Crippen LogP contribution in [0.3, 0.4) is 0 Å². The number of methoxy groups -OCH3 is 1. The van der Waals surface area contributed by atoms with Crippen molar-refractivity contribution in [3.63, 3.8) is 0 Å². The van der Waals surface area contributed by atoms with Crippen molar-refractivity contribution in [3.8, 4) is 11.5 Å². The minimum Gasteiger partial charge on any atom is -0.503 e. The van der Waals surface area contributed by atoms with Crippen LogP contribution in [0.5, 0.6) is 11.5 Å². The quantitative estimate of drug-likeness (QED) is 0.583. The molecule has 2 fully saturated rings. The second-order valence-corrected chi connectivity index (χ2v) is 8.01. The van der Waals surface area contributed by atoms with Gasteiger partial charge in [0.1, 0.15) is 4.32 Å². The number of hydrogen-bond acceptors (Lipinski definition) is 6. The number of hydrogen-bond donors (Lipinski definition) is 1. The van der Waals surface area contributed by atoms with Gasteiger partial charge in [-0.1, -0.05) is 24.0 Å². The Balaban J connectivity index is 1.82. The fourth-order valence-electron chi connectivity index (χ4n) is 2.63. The van der Waals surface area contributed by atoms with Crippen LogP contribution in [0.1, 0.15) is 18.4 Å². The zero-order chi connectivity index (χ0) is 17.3. The van der Waals surface area contributed by atoms with Crippen molar-refractivity contribution in [1.29, 1.82) is 0 Å². The van der Waals surface area contributed by atoms with E-state index in [2.05, 4.69) is 15.9 Å². The van der Waals surface area contributed by atoms with Crippen LogP contribution in [0.15, 0.2) is 21.5 Å². The number of phenolic OH excluding ortho intramolecular Hbond substituents is 1. The van der Waals surface area contributed by atoms with E-state index in [1.54, 1.807) is 23.1 Å². The monoisotopic (exact) mass is 429 g/mol. The molecule has 1 N–H and O–H groups in total. The molecule has 128 valence electrons. The Hall–Kier alpha value is -1.09. The maximum atomic E-state index is 12.6. The normalized spacial score (nSPS) is 22.7. The van der Waals surface area contributed by atoms with Gasteiger partial charge in [0.15, 0.2) is 11.5 Å². The van der Waals surface area contributed by atoms with Gasteiger partial charge in [0, 0.05) is 6.61 Å². The molecule has 1 atom stereocenters. The van der Waals surface area contributed by atoms with Crippen molar-refractivity contribution in [2.45, 2.75) is 18.9 Å². The molecule has 0 saturated carbocycles. The number of aromatic hydroxyl groups is 1. The number of nitrogens with zero attached hydrogens (tertiary/aromatic N) is 1. The van der Waals surface area contributed by atoms with E-state index < -0.39 is 0 Å². The maximum Gasteiger partial charge on any atom is 0.266 e. The summed E-state index contributed by atoms with van der Waals surface area (Å²) >= 11 is 9.90. The molecular formula is C16H16BrNO4S2. The Morgan fingerprint density at radius 3 is 3.04 bits per heavy atom. The van der Waals surface area contributed by atoms with E-state index in [-0.39, 0.29) is 17.8 Å². The SMILES string of the molecule is COc1cc(/C=C2\SC(=S)N(CC3CCCO3)C2=O)cc(Br)c1O. The fraction of sp³-hybridized carbons (Fsp3) is 0.375. The summed E-state index contributed by atoms with van der Waals surface area (Å²) in [5.74, 6) is 0.259. The average molecular weight is 430 g/mol. The first kappa shape index (κ1) is 17.7. The molecule has 0 radical (unpaired) electrons. The molecule has 0 aliphatic carbocycles. The molecule has 2 aliphatic heterocycles. The van der Waals surface area contributed by atoms with Gasteiger partial charge >= 0.3 is 0 Å². The Labute approximate surface area is 158 Å². The highest BCUT2D eigenvalue weighted by Gasteiger charge is 2.34. The smallest absolute Gasteiger partial charge is 0.266 e. The maximum absolute atomic E-state index is 12.6. The third-order valence-corrected chi connectivity index (χ3v) is 5.83. The molecule has 2 aliphatic rings. The first-order valence-electron chi connectivity index (χ1n) is 7.43. The molecule has 3 rings (SSSR count). The summed E-state index contributed by atoms with van der Waals surface area (Å²) in [5, 5.41) is 9.87. The Bertz CT molecular complexity index is 716. The number of amides is 1. The van der Waals surface area contributed by atoms with Crippen molar-refractivity contribution in [3.05, 3.63) is 27.1 Å². The van der Waals surface area contributed by atoms with Crippen LogP contribution < -0.4 is 4.74 Å². The van der Waals surface area contributed by atoms with Crippen LogP contribution in [0.25, 0.3) is 6.08 Å². The van der Waals surface area contributed by atoms with Gasteiger partial charge in [0.25, 0.3) is 5.91 Å². The number of thioether (sulfide) groups is 1. The number of halogens is 1. The van der Waals surface area contributed by atoms with Crippen LogP contribution in [0, 0.1) is 0 Å². The Morgan fingerprint density at radius 2 is 2.38 bits per heavy atom. The van der Waals surface area contributed by atoms with Gasteiger partial charge in [-0.2, -0.15) is 0 Å². The van der Waals surface area contributed by atoms with E-state index in [4.69, 9.17) is 21.7 Å². The van der Waals surface area contributed by atoms with Crippen LogP contribution in [-0.4, -0.2) is 46.6 Å². The molecule has 5 nitrogen and oxygen atoms in total. The van der Waals surface area contributed by atoms with E-state index >= 15 is 0 Å². The van der Waals surface area contributed by atoms with Gasteiger partial charge < -0.3 is 14.6 Å². The van der Waals surface area contributed by atoms with Crippen molar-refractivity contribution in [2.75, 3.05) is 20.3 Å². The number of phenols is 1. The van der Waals surface area contributed by atoms with E-state index in [1.807, 2.05) is 0 Å². The molecule has 0 bridgehead atoms. The van der Waals surface area contributed by atoms with E-state index in [0.717, 1.165) is 25.0 Å². The molecule has 1 unspecified atom stereocenters. The summed E-state index contributed by atoms with van der Waals surface area (Å²) in [7, 11) is 1.48. The van der Waals surface area contributed by atoms with Crippen molar-refractivity contribution < 1.29 is 19.4 Å². The molecule has 2 saturated heterocycles. The van der Waals surface area contributed by atoms with Gasteiger partial charge in [-0.25, -0.2) is 0 Å². The van der Waals surface area contributed by atoms with Crippen LogP contribution in [0.2, 0.25) is 0 Å². The van der Waals surface area contributed by atoms with Crippen LogP contribution in [-0.2, 0) is 9.53 Å². The summed E-state index contributed by atoms with van der Waals surface area (Å²) in [6, 6.07) is 3.40. The number of carbonyl (C=O) groups excluding carboxylic acids is 1. The summed E-state index contributed by atoms with van der Waals surface area (Å²) in [5.41, 5.74) is 0.745. The summed E-state index contributed by atoms with van der Waals surface area (Å²) in [4.78, 5) is 14.8. The number of rotatable bonds is 4. The molecule has 1 aromatic carbocycles. The first-order chi connectivity index (χ1) is 11.5. The van der Waals surface area contributed by atoms with Gasteiger partial charge in [0.05, 0.1) is 29.1 Å². The third-order valence-electron chi connectivity index (χ3n) is 3.85. The Kier molecular flexibility index (Phi) is 5.49. The van der Waals surface area contributed by atoms with Gasteiger partial charge in [0.2, 0.25) is 0 Å². The predicted molar refractivity (Wildman–Crippen MR) is 101 cm³/mol. The average Bonchev–Trinajstić information content (AvgIpc) is 3.15. The highest BCUT2D eigenvalue weighted by molar-refractivity contribution is 9.10. The predicted octanol–water partition coefficient (Wildman–Crippen LogP) is 3.54. The fourth-order valence-corrected chi connectivity index (χ4v) is 4.37. The van der Waals surface area contributed by atoms with E-state index in [9.17, 15) is 9.90 Å². The summed E-state index contributed by atoms with van der Waals surface area (Å²) in [6.07, 6.45) is 3.80. The highest BCUT2D eigenvalue weighted by Crippen LogP contribution is 2.38. The molecule has 1 aromatic rings. The highest BCUT2D eigenvalue weighted by atomic mass is 79.9. The molecule has 0 aromatic heterocycles. The molecule has 0 spiro atoms. The van der Waals surface area contributed by atoms with E-state index in [1.165, 1.54) is 18.9 Å². The van der Waals surface area contributed by atoms with Gasteiger partial charge in [-0.3, -0.25) is 9.69 Å². The largest absolute Gasteiger partial charge is 0.503 e. The lowest BCUT2D eigenvalue weighted by atomic mass is 10.2. The van der Waals surface area contributed by atoms with Gasteiger partial charge in [-0.15, -0.1) is 0 Å². The second-order valence-electron chi connectivity index (χ2n) is 5.48. The van der Waals surface area contributed by atoms with Crippen LogP contribution in [0.4, 0.5) is 0 Å². The molecule has 1 amide bonds. The lowest BCUT2D eigenvalue weighted by Crippen LogP contribution is -2.35. The molecular weight excluding hydrogens is 414 g/mol. The lowest BCUT2D eigenvalue weighted by Gasteiger charge is -2.18. The molecule has 24 heavy (non-hydrogen) atoms. The lowest BCUT2D eigenvalue weighted by molar-refractivity contribution is -0.123. The van der Waals surface area contributed by atoms with Crippen molar-refractivity contribution in [2.24, 2.45) is 0 Å².